The summed E-state index contributed by atoms with van der Waals surface area (Å²) >= 11 is 0. The average molecular weight is 437 g/mol. The van der Waals surface area contributed by atoms with E-state index in [0.29, 0.717) is 0 Å². The van der Waals surface area contributed by atoms with Crippen LogP contribution in [-0.4, -0.2) is 20.2 Å². The van der Waals surface area contributed by atoms with Crippen LogP contribution in [0.3, 0.4) is 0 Å². The molecule has 0 heterocycles. The maximum atomic E-state index is 11.9. The molecule has 4 nitrogen and oxygen atoms in total. The predicted octanol–water partition coefficient (Wildman–Crippen LogP) is 1.53. The molecule has 1 aromatic rings. The van der Waals surface area contributed by atoms with Crippen molar-refractivity contribution in [3.63, 3.8) is 0 Å². The Labute approximate surface area is 109 Å². The van der Waals surface area contributed by atoms with Crippen LogP contribution >= 0.6 is 0 Å². The summed E-state index contributed by atoms with van der Waals surface area (Å²) in [5.74, 6) is -0.689. The molecule has 0 N–H and O–H groups in total. The van der Waals surface area contributed by atoms with Crippen LogP contribution in [-0.2, 0) is 31.2 Å². The van der Waals surface area contributed by atoms with Crippen molar-refractivity contribution in [2.45, 2.75) is 5.51 Å². The van der Waals surface area contributed by atoms with Crippen molar-refractivity contribution < 1.29 is 51.6 Å². The Morgan fingerprint density at radius 1 is 1.35 bits per heavy atom. The summed E-state index contributed by atoms with van der Waals surface area (Å²) in [6.45, 7) is 0. The fraction of sp³-hybridized carbons (Fsp3) is 0.125. The van der Waals surface area contributed by atoms with E-state index >= 15 is 0 Å². The molecule has 1 rings (SSSR count). The van der Waals surface area contributed by atoms with Crippen molar-refractivity contribution in [1.82, 2.24) is 0 Å². The summed E-state index contributed by atoms with van der Waals surface area (Å²) in [7, 11) is -5.76. The molecule has 0 radical (unpaired) electrons. The minimum atomic E-state index is -5.76. The quantitative estimate of drug-likeness (QED) is 0.312. The fourth-order valence-corrected chi connectivity index (χ4v) is 1.25. The van der Waals surface area contributed by atoms with Crippen LogP contribution in [0.1, 0.15) is 10.4 Å². The van der Waals surface area contributed by atoms with Crippen molar-refractivity contribution in [1.29, 1.82) is 0 Å². The van der Waals surface area contributed by atoms with Gasteiger partial charge in [-0.05, 0) is 0 Å². The summed E-state index contributed by atoms with van der Waals surface area (Å²) in [5.41, 5.74) is -5.87. The summed E-state index contributed by atoms with van der Waals surface area (Å²) in [4.78, 5) is 10.4. The number of benzene rings is 1. The monoisotopic (exact) mass is 437 g/mol. The Balaban J connectivity index is 0.00000256. The van der Waals surface area contributed by atoms with Gasteiger partial charge in [0.05, 0.1) is 6.29 Å². The third kappa shape index (κ3) is 3.81. The van der Waals surface area contributed by atoms with Gasteiger partial charge in [0.25, 0.3) is 0 Å². The second-order valence-electron chi connectivity index (χ2n) is 2.56. The maximum absolute atomic E-state index is 11.9. The molecule has 0 fully saturated rings. The summed E-state index contributed by atoms with van der Waals surface area (Å²) < 4.78 is 60.9. The molecular weight excluding hydrogens is 433 g/mol. The van der Waals surface area contributed by atoms with E-state index in [1.807, 2.05) is 0 Å². The Bertz CT molecular complexity index is 498. The number of rotatable bonds is 3. The molecule has 0 saturated heterocycles. The third-order valence-corrected chi connectivity index (χ3v) is 2.43. The van der Waals surface area contributed by atoms with Gasteiger partial charge >= 0.3 is 15.6 Å². The molecule has 0 amide bonds. The van der Waals surface area contributed by atoms with Crippen LogP contribution in [0.5, 0.6) is 5.75 Å². The van der Waals surface area contributed by atoms with Crippen LogP contribution < -0.4 is 4.18 Å². The van der Waals surface area contributed by atoms with Crippen LogP contribution in [0.2, 0.25) is 0 Å². The molecule has 0 bridgehead atoms. The van der Waals surface area contributed by atoms with Gasteiger partial charge in [-0.2, -0.15) is 39.8 Å². The maximum Gasteiger partial charge on any atom is 0.534 e. The van der Waals surface area contributed by atoms with Crippen molar-refractivity contribution in [3.05, 3.63) is 29.8 Å². The zero-order valence-corrected chi connectivity index (χ0v) is 11.6. The predicted molar refractivity (Wildman–Crippen MR) is 46.3 cm³/mol. The minimum absolute atomic E-state index is 0. The molecule has 0 aromatic heterocycles. The molecule has 94 valence electrons. The number of hydrogen-bond donors (Lipinski definition) is 0. The van der Waals surface area contributed by atoms with E-state index in [1.165, 1.54) is 0 Å². The zero-order valence-electron chi connectivity index (χ0n) is 7.89. The fourth-order valence-electron chi connectivity index (χ4n) is 0.762. The first-order valence-corrected chi connectivity index (χ1v) is 5.15. The normalized spacial score (nSPS) is 11.5. The van der Waals surface area contributed by atoms with Gasteiger partial charge in [0.2, 0.25) is 0 Å². The standard InChI is InChI=1S/C8H4F3O4S.W/c9-8(10,11)16(13,14)15-7-4-2-1-3-6(7)5-12;/h2-5H;/q-1;. The molecule has 1 aromatic carbocycles. The molecule has 0 spiro atoms. The smallest absolute Gasteiger partial charge is 0.402 e. The van der Waals surface area contributed by atoms with Crippen molar-refractivity contribution in [3.8, 4) is 5.75 Å². The molecular formula is C8H4F3O4SW-. The number of carbonyl (C=O) groups excluding carboxylic acids is 1. The first kappa shape index (κ1) is 16.1. The largest absolute Gasteiger partial charge is 0.534 e. The summed E-state index contributed by atoms with van der Waals surface area (Å²) in [6.07, 6.45) is 0.164. The van der Waals surface area contributed by atoms with E-state index in [9.17, 15) is 26.4 Å². The minimum Gasteiger partial charge on any atom is -0.402 e. The van der Waals surface area contributed by atoms with Gasteiger partial charge in [0, 0.05) is 26.8 Å². The second kappa shape index (κ2) is 5.64. The second-order valence-corrected chi connectivity index (χ2v) is 4.10. The third-order valence-electron chi connectivity index (χ3n) is 1.46. The van der Waals surface area contributed by atoms with Crippen molar-refractivity contribution >= 4 is 16.4 Å². The molecule has 0 saturated carbocycles. The van der Waals surface area contributed by atoms with Crippen molar-refractivity contribution in [2.75, 3.05) is 0 Å². The topological polar surface area (TPSA) is 60.4 Å². The first-order chi connectivity index (χ1) is 7.28. The Morgan fingerprint density at radius 2 is 1.94 bits per heavy atom. The number of alkyl halides is 3. The molecule has 0 aliphatic carbocycles. The average Bonchev–Trinajstić information content (AvgIpc) is 2.16. The first-order valence-electron chi connectivity index (χ1n) is 3.74. The van der Waals surface area contributed by atoms with Gasteiger partial charge in [-0.1, -0.05) is 5.56 Å². The van der Waals surface area contributed by atoms with Gasteiger partial charge in [0.15, 0.2) is 0 Å². The van der Waals surface area contributed by atoms with Crippen LogP contribution in [0, 0.1) is 6.07 Å². The van der Waals surface area contributed by atoms with Crippen molar-refractivity contribution in [2.24, 2.45) is 0 Å². The van der Waals surface area contributed by atoms with E-state index in [2.05, 4.69) is 10.2 Å². The van der Waals surface area contributed by atoms with E-state index in [1.54, 1.807) is 0 Å². The molecule has 9 heteroatoms. The van der Waals surface area contributed by atoms with E-state index in [4.69, 9.17) is 0 Å². The zero-order chi connectivity index (χ0) is 12.4. The van der Waals surface area contributed by atoms with Gasteiger partial charge in [-0.15, -0.1) is 6.07 Å². The Kier molecular flexibility index (Phi) is 5.35. The van der Waals surface area contributed by atoms with Gasteiger partial charge in [-0.25, -0.2) is 0 Å². The SMILES string of the molecule is O=Cc1c[c-]ccc1OS(=O)(=O)C(F)(F)F.[W]. The summed E-state index contributed by atoms with van der Waals surface area (Å²) in [5, 5.41) is 0. The number of aldehydes is 1. The van der Waals surface area contributed by atoms with Gasteiger partial charge in [-0.3, -0.25) is 0 Å². The number of halogens is 3. The number of hydrogen-bond acceptors (Lipinski definition) is 4. The van der Waals surface area contributed by atoms with E-state index in [-0.39, 0.29) is 32.9 Å². The Morgan fingerprint density at radius 3 is 2.41 bits per heavy atom. The van der Waals surface area contributed by atoms with Crippen LogP contribution in [0.25, 0.3) is 0 Å². The van der Waals surface area contributed by atoms with Gasteiger partial charge < -0.3 is 8.98 Å². The molecule has 17 heavy (non-hydrogen) atoms. The molecule has 0 aliphatic heterocycles. The molecule has 0 aliphatic rings. The van der Waals surface area contributed by atoms with Crippen LogP contribution in [0.4, 0.5) is 13.2 Å². The van der Waals surface area contributed by atoms with Crippen LogP contribution in [0.15, 0.2) is 18.2 Å². The molecule has 0 atom stereocenters. The Hall–Kier alpha value is -0.882. The van der Waals surface area contributed by atoms with E-state index in [0.717, 1.165) is 18.2 Å². The number of carbonyl (C=O) groups is 1. The van der Waals surface area contributed by atoms with Gasteiger partial charge in [0.1, 0.15) is 0 Å². The molecule has 0 unspecified atom stereocenters. The summed E-state index contributed by atoms with van der Waals surface area (Å²) in [6, 6.07) is 5.41. The van der Waals surface area contributed by atoms with E-state index < -0.39 is 21.4 Å².